The first-order valence-corrected chi connectivity index (χ1v) is 6.13. The maximum absolute atomic E-state index is 9.22. The highest BCUT2D eigenvalue weighted by Gasteiger charge is 2.09. The van der Waals surface area contributed by atoms with Crippen molar-refractivity contribution < 1.29 is 9.84 Å². The minimum atomic E-state index is -0.517. The molecule has 2 nitrogen and oxygen atoms in total. The van der Waals surface area contributed by atoms with E-state index in [9.17, 15) is 5.11 Å². The smallest absolute Gasteiger partial charge is 0.0908 e. The summed E-state index contributed by atoms with van der Waals surface area (Å²) in [5.74, 6) is 0.255. The zero-order valence-corrected chi connectivity index (χ0v) is 10.1. The highest BCUT2D eigenvalue weighted by molar-refractivity contribution is 6.18. The van der Waals surface area contributed by atoms with Gasteiger partial charge in [-0.05, 0) is 12.8 Å². The lowest BCUT2D eigenvalue weighted by Crippen LogP contribution is -2.22. The van der Waals surface area contributed by atoms with E-state index in [0.717, 1.165) is 12.8 Å². The molecule has 0 fully saturated rings. The summed E-state index contributed by atoms with van der Waals surface area (Å²) < 4.78 is 5.56. The van der Waals surface area contributed by atoms with Gasteiger partial charge < -0.3 is 9.84 Å². The monoisotopic (exact) mass is 222 g/mol. The molecule has 0 rings (SSSR count). The first-order valence-electron chi connectivity index (χ1n) is 5.60. The lowest BCUT2D eigenvalue weighted by atomic mass is 10.1. The van der Waals surface area contributed by atoms with E-state index < -0.39 is 6.10 Å². The van der Waals surface area contributed by atoms with E-state index in [0.29, 0.717) is 12.7 Å². The van der Waals surface area contributed by atoms with Crippen molar-refractivity contribution in [3.8, 4) is 0 Å². The van der Waals surface area contributed by atoms with Crippen LogP contribution in [-0.2, 0) is 4.74 Å². The molecular formula is C11H23ClO2. The molecule has 2 atom stereocenters. The fourth-order valence-electron chi connectivity index (χ4n) is 1.32. The quantitative estimate of drug-likeness (QED) is 0.480. The maximum atomic E-state index is 9.22. The van der Waals surface area contributed by atoms with Crippen LogP contribution in [0.25, 0.3) is 0 Å². The summed E-state index contributed by atoms with van der Waals surface area (Å²) in [6, 6.07) is 0. The Kier molecular flexibility index (Phi) is 9.90. The number of halogens is 1. The van der Waals surface area contributed by atoms with Gasteiger partial charge in [0, 0.05) is 0 Å². The van der Waals surface area contributed by atoms with Gasteiger partial charge in [-0.3, -0.25) is 0 Å². The molecule has 86 valence electrons. The van der Waals surface area contributed by atoms with Crippen LogP contribution in [0.3, 0.4) is 0 Å². The number of hydrogen-bond donors (Lipinski definition) is 1. The van der Waals surface area contributed by atoms with Crippen molar-refractivity contribution in [2.45, 2.75) is 58.2 Å². The van der Waals surface area contributed by atoms with Gasteiger partial charge in [0.25, 0.3) is 0 Å². The van der Waals surface area contributed by atoms with Crippen molar-refractivity contribution >= 4 is 11.6 Å². The lowest BCUT2D eigenvalue weighted by molar-refractivity contribution is -0.00750. The van der Waals surface area contributed by atoms with Gasteiger partial charge in [0.05, 0.1) is 24.7 Å². The second kappa shape index (κ2) is 9.75. The van der Waals surface area contributed by atoms with Crippen molar-refractivity contribution in [1.29, 1.82) is 0 Å². The van der Waals surface area contributed by atoms with Crippen LogP contribution in [0.1, 0.15) is 46.0 Å². The van der Waals surface area contributed by atoms with E-state index >= 15 is 0 Å². The molecule has 0 aromatic heterocycles. The van der Waals surface area contributed by atoms with Crippen molar-refractivity contribution in [2.24, 2.45) is 0 Å². The maximum Gasteiger partial charge on any atom is 0.0908 e. The minimum absolute atomic E-state index is 0.255. The molecule has 14 heavy (non-hydrogen) atoms. The molecule has 0 spiro atoms. The summed E-state index contributed by atoms with van der Waals surface area (Å²) >= 11 is 5.48. The Morgan fingerprint density at radius 2 is 2.00 bits per heavy atom. The molecule has 0 aliphatic rings. The SMILES string of the molecule is CCCCCC(CC)OCC(O)CCl. The molecule has 0 amide bonds. The summed E-state index contributed by atoms with van der Waals surface area (Å²) in [6.45, 7) is 4.68. The summed E-state index contributed by atoms with van der Waals surface area (Å²) in [5.41, 5.74) is 0. The first kappa shape index (κ1) is 14.2. The van der Waals surface area contributed by atoms with Crippen molar-refractivity contribution in [3.05, 3.63) is 0 Å². The van der Waals surface area contributed by atoms with Crippen LogP contribution in [0, 0.1) is 0 Å². The predicted octanol–water partition coefficient (Wildman–Crippen LogP) is 2.96. The van der Waals surface area contributed by atoms with Crippen LogP contribution in [0.5, 0.6) is 0 Å². The fourth-order valence-corrected chi connectivity index (χ4v) is 1.41. The van der Waals surface area contributed by atoms with E-state index in [-0.39, 0.29) is 5.88 Å². The molecule has 0 bridgehead atoms. The third-order valence-corrected chi connectivity index (χ3v) is 2.64. The van der Waals surface area contributed by atoms with Crippen molar-refractivity contribution in [2.75, 3.05) is 12.5 Å². The van der Waals surface area contributed by atoms with Gasteiger partial charge >= 0.3 is 0 Å². The Labute approximate surface area is 92.6 Å². The van der Waals surface area contributed by atoms with Gasteiger partial charge in [0.15, 0.2) is 0 Å². The topological polar surface area (TPSA) is 29.5 Å². The van der Waals surface area contributed by atoms with Gasteiger partial charge in [-0.25, -0.2) is 0 Å². The van der Waals surface area contributed by atoms with E-state index in [4.69, 9.17) is 16.3 Å². The van der Waals surface area contributed by atoms with Crippen molar-refractivity contribution in [3.63, 3.8) is 0 Å². The Balaban J connectivity index is 3.47. The Hall–Kier alpha value is 0.210. The molecule has 1 N–H and O–H groups in total. The van der Waals surface area contributed by atoms with Gasteiger partial charge in [-0.1, -0.05) is 33.1 Å². The number of unbranched alkanes of at least 4 members (excludes halogenated alkanes) is 2. The van der Waals surface area contributed by atoms with E-state index in [2.05, 4.69) is 13.8 Å². The second-order valence-electron chi connectivity index (χ2n) is 3.67. The van der Waals surface area contributed by atoms with Crippen molar-refractivity contribution in [1.82, 2.24) is 0 Å². The highest BCUT2D eigenvalue weighted by atomic mass is 35.5. The minimum Gasteiger partial charge on any atom is -0.389 e. The van der Waals surface area contributed by atoms with E-state index in [1.54, 1.807) is 0 Å². The molecule has 0 aliphatic heterocycles. The van der Waals surface area contributed by atoms with Crippen LogP contribution >= 0.6 is 11.6 Å². The standard InChI is InChI=1S/C11H23ClO2/c1-3-5-6-7-11(4-2)14-9-10(13)8-12/h10-11,13H,3-9H2,1-2H3. The number of aliphatic hydroxyl groups is 1. The second-order valence-corrected chi connectivity index (χ2v) is 3.98. The van der Waals surface area contributed by atoms with Gasteiger partial charge in [-0.15, -0.1) is 11.6 Å². The van der Waals surface area contributed by atoms with Gasteiger partial charge in [0.1, 0.15) is 0 Å². The number of rotatable bonds is 9. The summed E-state index contributed by atoms with van der Waals surface area (Å²) in [4.78, 5) is 0. The average molecular weight is 223 g/mol. The van der Waals surface area contributed by atoms with Gasteiger partial charge in [0.2, 0.25) is 0 Å². The molecule has 0 saturated carbocycles. The summed E-state index contributed by atoms with van der Waals surface area (Å²) in [7, 11) is 0. The number of aliphatic hydroxyl groups excluding tert-OH is 1. The molecule has 0 heterocycles. The van der Waals surface area contributed by atoms with Crippen LogP contribution in [-0.4, -0.2) is 29.8 Å². The molecular weight excluding hydrogens is 200 g/mol. The molecule has 0 aliphatic carbocycles. The normalized spacial score (nSPS) is 15.4. The highest BCUT2D eigenvalue weighted by Crippen LogP contribution is 2.10. The lowest BCUT2D eigenvalue weighted by Gasteiger charge is -2.17. The molecule has 0 saturated heterocycles. The Morgan fingerprint density at radius 1 is 1.29 bits per heavy atom. The zero-order valence-electron chi connectivity index (χ0n) is 9.34. The number of ether oxygens (including phenoxy) is 1. The van der Waals surface area contributed by atoms with E-state index in [1.807, 2.05) is 0 Å². The van der Waals surface area contributed by atoms with Crippen LogP contribution in [0.2, 0.25) is 0 Å². The van der Waals surface area contributed by atoms with Crippen LogP contribution in [0.15, 0.2) is 0 Å². The first-order chi connectivity index (χ1) is 6.74. The zero-order chi connectivity index (χ0) is 10.8. The number of alkyl halides is 1. The third-order valence-electron chi connectivity index (χ3n) is 2.29. The summed E-state index contributed by atoms with van der Waals surface area (Å²) in [6.07, 6.45) is 5.60. The fraction of sp³-hybridized carbons (Fsp3) is 1.00. The molecule has 0 aromatic rings. The number of hydrogen-bond acceptors (Lipinski definition) is 2. The molecule has 0 radical (unpaired) electrons. The largest absolute Gasteiger partial charge is 0.389 e. The molecule has 3 heteroatoms. The van der Waals surface area contributed by atoms with Crippen LogP contribution in [0.4, 0.5) is 0 Å². The summed E-state index contributed by atoms with van der Waals surface area (Å²) in [5, 5.41) is 9.22. The molecule has 0 aromatic carbocycles. The van der Waals surface area contributed by atoms with Crippen LogP contribution < -0.4 is 0 Å². The molecule has 2 unspecified atom stereocenters. The third kappa shape index (κ3) is 7.60. The van der Waals surface area contributed by atoms with E-state index in [1.165, 1.54) is 19.3 Å². The Morgan fingerprint density at radius 3 is 2.50 bits per heavy atom. The predicted molar refractivity (Wildman–Crippen MR) is 60.9 cm³/mol. The van der Waals surface area contributed by atoms with Gasteiger partial charge in [-0.2, -0.15) is 0 Å². The Bertz CT molecular complexity index is 120. The average Bonchev–Trinajstić information content (AvgIpc) is 2.22.